The van der Waals surface area contributed by atoms with Gasteiger partial charge < -0.3 is 14.5 Å². The number of aliphatic hydroxyl groups is 1. The van der Waals surface area contributed by atoms with Crippen molar-refractivity contribution in [3.63, 3.8) is 0 Å². The molecule has 20 heavy (non-hydrogen) atoms. The van der Waals surface area contributed by atoms with Crippen LogP contribution >= 0.6 is 0 Å². The van der Waals surface area contributed by atoms with Gasteiger partial charge in [-0.3, -0.25) is 0 Å². The van der Waals surface area contributed by atoms with E-state index in [-0.39, 0.29) is 13.4 Å². The fraction of sp³-hybridized carbons (Fsp3) is 0.615. The molecule has 1 aromatic heterocycles. The SMILES string of the molecule is Cc1cnc(OC(F)F)cc1BOC(C)(C)C(C)(C)O. The van der Waals surface area contributed by atoms with Gasteiger partial charge in [-0.1, -0.05) is 0 Å². The van der Waals surface area contributed by atoms with Crippen LogP contribution in [0, 0.1) is 6.92 Å². The van der Waals surface area contributed by atoms with Crippen LogP contribution in [0.1, 0.15) is 33.3 Å². The fourth-order valence-corrected chi connectivity index (χ4v) is 1.29. The van der Waals surface area contributed by atoms with Gasteiger partial charge in [0.25, 0.3) is 0 Å². The van der Waals surface area contributed by atoms with Gasteiger partial charge in [0, 0.05) is 6.20 Å². The van der Waals surface area contributed by atoms with E-state index in [0.717, 1.165) is 5.56 Å². The highest BCUT2D eigenvalue weighted by Crippen LogP contribution is 2.24. The maximum Gasteiger partial charge on any atom is 0.388 e. The predicted molar refractivity (Wildman–Crippen MR) is 73.9 cm³/mol. The Hall–Kier alpha value is -1.21. The number of ether oxygens (including phenoxy) is 1. The predicted octanol–water partition coefficient (Wildman–Crippen LogP) is 1.53. The minimum absolute atomic E-state index is 0.148. The largest absolute Gasteiger partial charge is 0.427 e. The minimum atomic E-state index is -2.91. The molecule has 0 radical (unpaired) electrons. The summed E-state index contributed by atoms with van der Waals surface area (Å²) in [5, 5.41) is 10.0. The molecule has 1 N–H and O–H groups in total. The van der Waals surface area contributed by atoms with Crippen molar-refractivity contribution in [3.05, 3.63) is 17.8 Å². The second-order valence-corrected chi connectivity index (χ2v) is 5.69. The highest BCUT2D eigenvalue weighted by Gasteiger charge is 2.35. The Morgan fingerprint density at radius 2 is 1.90 bits per heavy atom. The summed E-state index contributed by atoms with van der Waals surface area (Å²) in [7, 11) is 0.172. The van der Waals surface area contributed by atoms with Gasteiger partial charge in [-0.2, -0.15) is 8.78 Å². The van der Waals surface area contributed by atoms with Crippen LogP contribution in [0.3, 0.4) is 0 Å². The minimum Gasteiger partial charge on any atom is -0.427 e. The van der Waals surface area contributed by atoms with Gasteiger partial charge in [0.2, 0.25) is 5.88 Å². The zero-order valence-electron chi connectivity index (χ0n) is 12.4. The number of hydrogen-bond donors (Lipinski definition) is 1. The van der Waals surface area contributed by atoms with E-state index in [1.807, 2.05) is 0 Å². The number of rotatable bonds is 6. The summed E-state index contributed by atoms with van der Waals surface area (Å²) in [6.45, 7) is 5.72. The number of aryl methyl sites for hydroxylation is 1. The first-order chi connectivity index (χ1) is 9.03. The van der Waals surface area contributed by atoms with Crippen molar-refractivity contribution < 1.29 is 23.3 Å². The summed E-state index contributed by atoms with van der Waals surface area (Å²) in [4.78, 5) is 3.77. The van der Waals surface area contributed by atoms with Crippen LogP contribution in [0.15, 0.2) is 12.3 Å². The quantitative estimate of drug-likeness (QED) is 0.806. The maximum absolute atomic E-state index is 12.2. The highest BCUT2D eigenvalue weighted by molar-refractivity contribution is 6.47. The van der Waals surface area contributed by atoms with Gasteiger partial charge in [-0.25, -0.2) is 4.98 Å². The first kappa shape index (κ1) is 16.8. The van der Waals surface area contributed by atoms with E-state index in [1.54, 1.807) is 34.6 Å². The molecule has 0 bridgehead atoms. The highest BCUT2D eigenvalue weighted by atomic mass is 19.3. The van der Waals surface area contributed by atoms with Crippen LogP contribution in [-0.2, 0) is 4.65 Å². The summed E-state index contributed by atoms with van der Waals surface area (Å²) >= 11 is 0. The molecule has 0 aliphatic heterocycles. The van der Waals surface area contributed by atoms with Crippen molar-refractivity contribution in [2.45, 2.75) is 52.4 Å². The second kappa shape index (κ2) is 6.05. The first-order valence-corrected chi connectivity index (χ1v) is 6.29. The van der Waals surface area contributed by atoms with Crippen molar-refractivity contribution in [2.24, 2.45) is 0 Å². The third kappa shape index (κ3) is 4.42. The van der Waals surface area contributed by atoms with E-state index < -0.39 is 17.8 Å². The monoisotopic (exact) mass is 287 g/mol. The average molecular weight is 287 g/mol. The molecular weight excluding hydrogens is 267 g/mol. The van der Waals surface area contributed by atoms with Gasteiger partial charge in [0.1, 0.15) is 0 Å². The summed E-state index contributed by atoms with van der Waals surface area (Å²) in [5.41, 5.74) is -0.325. The number of halogens is 2. The molecule has 1 aromatic rings. The molecule has 0 amide bonds. The third-order valence-corrected chi connectivity index (χ3v) is 3.46. The standard InChI is InChI=1S/C13H20BF2NO3/c1-8-7-17-10(19-11(15)16)6-9(8)14-20-13(4,5)12(2,3)18/h6-7,11,14,18H,1-5H3. The van der Waals surface area contributed by atoms with Gasteiger partial charge in [0.05, 0.1) is 11.2 Å². The van der Waals surface area contributed by atoms with Crippen LogP contribution in [0.5, 0.6) is 5.88 Å². The lowest BCUT2D eigenvalue weighted by Gasteiger charge is -2.37. The molecule has 0 unspecified atom stereocenters. The third-order valence-electron chi connectivity index (χ3n) is 3.46. The Balaban J connectivity index is 2.82. The molecule has 1 heterocycles. The number of alkyl halides is 2. The van der Waals surface area contributed by atoms with E-state index in [1.165, 1.54) is 12.3 Å². The Labute approximate surface area is 118 Å². The van der Waals surface area contributed by atoms with E-state index in [2.05, 4.69) is 9.72 Å². The number of nitrogens with zero attached hydrogens (tertiary/aromatic N) is 1. The van der Waals surface area contributed by atoms with E-state index in [0.29, 0.717) is 5.46 Å². The van der Waals surface area contributed by atoms with Gasteiger partial charge in [-0.05, 0) is 51.7 Å². The summed E-state index contributed by atoms with van der Waals surface area (Å²) < 4.78 is 34.3. The van der Waals surface area contributed by atoms with Gasteiger partial charge in [0.15, 0.2) is 0 Å². The fourth-order valence-electron chi connectivity index (χ4n) is 1.29. The molecule has 1 rings (SSSR count). The van der Waals surface area contributed by atoms with Crippen molar-refractivity contribution >= 4 is 12.9 Å². The molecule has 0 aliphatic rings. The topological polar surface area (TPSA) is 51.6 Å². The number of aromatic nitrogens is 1. The Kier molecular flexibility index (Phi) is 5.10. The van der Waals surface area contributed by atoms with Crippen molar-refractivity contribution in [2.75, 3.05) is 0 Å². The van der Waals surface area contributed by atoms with E-state index >= 15 is 0 Å². The Morgan fingerprint density at radius 3 is 2.40 bits per heavy atom. The smallest absolute Gasteiger partial charge is 0.388 e. The van der Waals surface area contributed by atoms with E-state index in [9.17, 15) is 13.9 Å². The maximum atomic E-state index is 12.2. The summed E-state index contributed by atoms with van der Waals surface area (Å²) in [6, 6.07) is 1.42. The lowest BCUT2D eigenvalue weighted by Crippen LogP contribution is -2.49. The average Bonchev–Trinajstić information content (AvgIpc) is 2.27. The van der Waals surface area contributed by atoms with Crippen LogP contribution < -0.4 is 10.2 Å². The Bertz CT molecular complexity index is 461. The molecule has 0 aliphatic carbocycles. The van der Waals surface area contributed by atoms with Crippen LogP contribution in [0.2, 0.25) is 0 Å². The molecular formula is C13H20BF2NO3. The van der Waals surface area contributed by atoms with Gasteiger partial charge >= 0.3 is 14.1 Å². The molecule has 112 valence electrons. The van der Waals surface area contributed by atoms with Crippen molar-refractivity contribution in [3.8, 4) is 5.88 Å². The zero-order chi connectivity index (χ0) is 15.6. The molecule has 0 aromatic carbocycles. The second-order valence-electron chi connectivity index (χ2n) is 5.69. The van der Waals surface area contributed by atoms with Crippen LogP contribution in [0.25, 0.3) is 0 Å². The lowest BCUT2D eigenvalue weighted by atomic mass is 9.81. The molecule has 0 atom stereocenters. The number of hydrogen-bond acceptors (Lipinski definition) is 4. The summed E-state index contributed by atoms with van der Waals surface area (Å²) in [5.74, 6) is -0.148. The first-order valence-electron chi connectivity index (χ1n) is 6.29. The molecule has 0 spiro atoms. The molecule has 7 heteroatoms. The van der Waals surface area contributed by atoms with Crippen LogP contribution in [-0.4, -0.2) is 35.4 Å². The summed E-state index contributed by atoms with van der Waals surface area (Å²) in [6.07, 6.45) is 1.45. The lowest BCUT2D eigenvalue weighted by molar-refractivity contribution is -0.0893. The zero-order valence-corrected chi connectivity index (χ0v) is 12.4. The molecule has 4 nitrogen and oxygen atoms in total. The molecule has 0 saturated carbocycles. The number of pyridine rings is 1. The van der Waals surface area contributed by atoms with Crippen LogP contribution in [0.4, 0.5) is 8.78 Å². The molecule has 0 fully saturated rings. The van der Waals surface area contributed by atoms with Crippen molar-refractivity contribution in [1.29, 1.82) is 0 Å². The normalized spacial score (nSPS) is 12.7. The molecule has 0 saturated heterocycles. The van der Waals surface area contributed by atoms with Gasteiger partial charge in [-0.15, -0.1) is 0 Å². The van der Waals surface area contributed by atoms with Crippen molar-refractivity contribution in [1.82, 2.24) is 4.98 Å². The Morgan fingerprint density at radius 1 is 1.30 bits per heavy atom. The van der Waals surface area contributed by atoms with E-state index in [4.69, 9.17) is 4.65 Å².